The van der Waals surface area contributed by atoms with Gasteiger partial charge in [-0.05, 0) is 61.9 Å². The molecule has 1 aromatic heterocycles. The van der Waals surface area contributed by atoms with Crippen LogP contribution in [-0.4, -0.2) is 17.1 Å². The fourth-order valence-corrected chi connectivity index (χ4v) is 4.48. The van der Waals surface area contributed by atoms with Crippen LogP contribution in [0.5, 0.6) is 0 Å². The lowest BCUT2D eigenvalue weighted by Crippen LogP contribution is -2.15. The van der Waals surface area contributed by atoms with E-state index in [0.717, 1.165) is 41.6 Å². The SMILES string of the molecule is CCCCCCCc1ccc(-c2ccc(-c3ccc(C(=O)O[C@H](C)CCCCCC)cc3)cn2)cc1. The molecule has 3 nitrogen and oxygen atoms in total. The summed E-state index contributed by atoms with van der Waals surface area (Å²) in [5, 5.41) is 0. The second kappa shape index (κ2) is 15.2. The molecule has 0 N–H and O–H groups in total. The molecule has 1 heterocycles. The number of ether oxygens (including phenoxy) is 1. The molecule has 0 spiro atoms. The molecule has 0 radical (unpaired) electrons. The van der Waals surface area contributed by atoms with Crippen LogP contribution in [0.1, 0.15) is 101 Å². The van der Waals surface area contributed by atoms with Gasteiger partial charge in [0.2, 0.25) is 0 Å². The summed E-state index contributed by atoms with van der Waals surface area (Å²) in [7, 11) is 0. The van der Waals surface area contributed by atoms with Gasteiger partial charge in [0.15, 0.2) is 0 Å². The van der Waals surface area contributed by atoms with Crippen molar-refractivity contribution >= 4 is 5.97 Å². The molecule has 192 valence electrons. The van der Waals surface area contributed by atoms with Crippen LogP contribution in [0.3, 0.4) is 0 Å². The van der Waals surface area contributed by atoms with E-state index >= 15 is 0 Å². The standard InChI is InChI=1S/C33H43NO2/c1-4-6-8-10-12-14-27-15-17-29(18-16-27)32-24-23-31(25-34-32)28-19-21-30(22-20-28)33(35)36-26(3)13-11-9-7-5-2/h15-26H,4-14H2,1-3H3/t26-/m1/s1. The minimum atomic E-state index is -0.248. The molecule has 1 atom stereocenters. The molecular weight excluding hydrogens is 442 g/mol. The lowest BCUT2D eigenvalue weighted by atomic mass is 10.0. The van der Waals surface area contributed by atoms with Crippen molar-refractivity contribution in [2.45, 2.75) is 97.5 Å². The van der Waals surface area contributed by atoms with Gasteiger partial charge in [-0.25, -0.2) is 4.79 Å². The Balaban J connectivity index is 1.52. The second-order valence-corrected chi connectivity index (χ2v) is 9.94. The topological polar surface area (TPSA) is 39.2 Å². The van der Waals surface area contributed by atoms with Crippen LogP contribution >= 0.6 is 0 Å². The minimum absolute atomic E-state index is 0.0503. The van der Waals surface area contributed by atoms with Crippen LogP contribution in [0.25, 0.3) is 22.4 Å². The molecule has 0 bridgehead atoms. The van der Waals surface area contributed by atoms with Crippen molar-refractivity contribution in [2.24, 2.45) is 0 Å². The summed E-state index contributed by atoms with van der Waals surface area (Å²) in [6.45, 7) is 6.44. The highest BCUT2D eigenvalue weighted by molar-refractivity contribution is 5.90. The molecule has 0 saturated carbocycles. The Morgan fingerprint density at radius 2 is 1.33 bits per heavy atom. The first kappa shape index (κ1) is 27.6. The Morgan fingerprint density at radius 1 is 0.722 bits per heavy atom. The van der Waals surface area contributed by atoms with Gasteiger partial charge in [-0.1, -0.05) is 101 Å². The number of benzene rings is 2. The number of esters is 1. The summed E-state index contributed by atoms with van der Waals surface area (Å²) in [4.78, 5) is 17.2. The molecule has 0 amide bonds. The molecular formula is C33H43NO2. The first-order chi connectivity index (χ1) is 17.6. The number of carbonyl (C=O) groups is 1. The third-order valence-corrected chi connectivity index (χ3v) is 6.81. The zero-order chi connectivity index (χ0) is 25.6. The predicted molar refractivity (Wildman–Crippen MR) is 151 cm³/mol. The number of nitrogens with zero attached hydrogens (tertiary/aromatic N) is 1. The number of pyridine rings is 1. The molecule has 0 aliphatic heterocycles. The van der Waals surface area contributed by atoms with Crippen molar-refractivity contribution in [1.29, 1.82) is 0 Å². The van der Waals surface area contributed by atoms with Gasteiger partial charge in [0.1, 0.15) is 0 Å². The molecule has 0 unspecified atom stereocenters. The number of aryl methyl sites for hydroxylation is 1. The molecule has 0 saturated heterocycles. The van der Waals surface area contributed by atoms with E-state index in [4.69, 9.17) is 9.72 Å². The van der Waals surface area contributed by atoms with Gasteiger partial charge in [-0.2, -0.15) is 0 Å². The largest absolute Gasteiger partial charge is 0.459 e. The maximum absolute atomic E-state index is 12.5. The van der Waals surface area contributed by atoms with Crippen LogP contribution in [0.2, 0.25) is 0 Å². The van der Waals surface area contributed by atoms with Crippen molar-refractivity contribution in [3.63, 3.8) is 0 Å². The minimum Gasteiger partial charge on any atom is -0.459 e. The van der Waals surface area contributed by atoms with E-state index in [1.165, 1.54) is 56.9 Å². The van der Waals surface area contributed by atoms with Crippen LogP contribution in [0.4, 0.5) is 0 Å². The van der Waals surface area contributed by atoms with E-state index in [9.17, 15) is 4.79 Å². The molecule has 0 aliphatic rings. The van der Waals surface area contributed by atoms with Gasteiger partial charge in [0.05, 0.1) is 17.4 Å². The highest BCUT2D eigenvalue weighted by atomic mass is 16.5. The van der Waals surface area contributed by atoms with Crippen molar-refractivity contribution in [2.75, 3.05) is 0 Å². The highest BCUT2D eigenvalue weighted by Crippen LogP contribution is 2.24. The number of aromatic nitrogens is 1. The zero-order valence-electron chi connectivity index (χ0n) is 22.5. The lowest BCUT2D eigenvalue weighted by molar-refractivity contribution is 0.0319. The summed E-state index contributed by atoms with van der Waals surface area (Å²) in [5.74, 6) is -0.248. The van der Waals surface area contributed by atoms with Crippen LogP contribution in [0.15, 0.2) is 66.9 Å². The Morgan fingerprint density at radius 3 is 1.97 bits per heavy atom. The molecule has 0 aliphatic carbocycles. The lowest BCUT2D eigenvalue weighted by Gasteiger charge is -2.13. The fourth-order valence-electron chi connectivity index (χ4n) is 4.48. The summed E-state index contributed by atoms with van der Waals surface area (Å²) < 4.78 is 5.62. The average molecular weight is 486 g/mol. The van der Waals surface area contributed by atoms with Crippen molar-refractivity contribution in [1.82, 2.24) is 4.98 Å². The molecule has 3 rings (SSSR count). The Kier molecular flexibility index (Phi) is 11.7. The van der Waals surface area contributed by atoms with E-state index < -0.39 is 0 Å². The third-order valence-electron chi connectivity index (χ3n) is 6.81. The Bertz CT molecular complexity index is 1020. The zero-order valence-corrected chi connectivity index (χ0v) is 22.5. The molecule has 2 aromatic carbocycles. The number of carbonyl (C=O) groups excluding carboxylic acids is 1. The van der Waals surface area contributed by atoms with E-state index in [2.05, 4.69) is 50.2 Å². The van der Waals surface area contributed by atoms with Crippen molar-refractivity contribution in [3.8, 4) is 22.4 Å². The highest BCUT2D eigenvalue weighted by Gasteiger charge is 2.12. The smallest absolute Gasteiger partial charge is 0.338 e. The summed E-state index contributed by atoms with van der Waals surface area (Å²) in [6, 6.07) is 20.6. The first-order valence-electron chi connectivity index (χ1n) is 14.0. The average Bonchev–Trinajstić information content (AvgIpc) is 2.91. The van der Waals surface area contributed by atoms with Gasteiger partial charge in [-0.15, -0.1) is 0 Å². The molecule has 0 fully saturated rings. The van der Waals surface area contributed by atoms with E-state index in [1.54, 1.807) is 0 Å². The fraction of sp³-hybridized carbons (Fsp3) is 0.455. The Labute approximate surface area is 218 Å². The van der Waals surface area contributed by atoms with Gasteiger partial charge in [0, 0.05) is 17.3 Å². The van der Waals surface area contributed by atoms with Crippen LogP contribution in [-0.2, 0) is 11.2 Å². The number of unbranched alkanes of at least 4 members (excludes halogenated alkanes) is 7. The Hall–Kier alpha value is -2.94. The van der Waals surface area contributed by atoms with E-state index in [-0.39, 0.29) is 12.1 Å². The number of rotatable bonds is 15. The molecule has 36 heavy (non-hydrogen) atoms. The third kappa shape index (κ3) is 8.93. The first-order valence-corrected chi connectivity index (χ1v) is 14.0. The quantitative estimate of drug-likeness (QED) is 0.159. The monoisotopic (exact) mass is 485 g/mol. The van der Waals surface area contributed by atoms with Gasteiger partial charge >= 0.3 is 5.97 Å². The van der Waals surface area contributed by atoms with Crippen LogP contribution in [0, 0.1) is 0 Å². The van der Waals surface area contributed by atoms with Crippen molar-refractivity contribution < 1.29 is 9.53 Å². The van der Waals surface area contributed by atoms with E-state index in [1.807, 2.05) is 37.4 Å². The maximum Gasteiger partial charge on any atom is 0.338 e. The normalized spacial score (nSPS) is 11.9. The summed E-state index contributed by atoms with van der Waals surface area (Å²) in [5.41, 5.74) is 6.17. The van der Waals surface area contributed by atoms with Gasteiger partial charge < -0.3 is 4.74 Å². The van der Waals surface area contributed by atoms with Gasteiger partial charge in [0.25, 0.3) is 0 Å². The van der Waals surface area contributed by atoms with Crippen LogP contribution < -0.4 is 0 Å². The second-order valence-electron chi connectivity index (χ2n) is 9.94. The van der Waals surface area contributed by atoms with Crippen molar-refractivity contribution in [3.05, 3.63) is 78.0 Å². The molecule has 3 aromatic rings. The number of hydrogen-bond donors (Lipinski definition) is 0. The predicted octanol–water partition coefficient (Wildman–Crippen LogP) is 9.44. The van der Waals surface area contributed by atoms with E-state index in [0.29, 0.717) is 5.56 Å². The molecule has 3 heteroatoms. The summed E-state index contributed by atoms with van der Waals surface area (Å²) >= 11 is 0. The maximum atomic E-state index is 12.5. The number of hydrogen-bond acceptors (Lipinski definition) is 3. The summed E-state index contributed by atoms with van der Waals surface area (Å²) in [6.07, 6.45) is 15.2. The van der Waals surface area contributed by atoms with Gasteiger partial charge in [-0.3, -0.25) is 4.98 Å².